The van der Waals surface area contributed by atoms with Crippen molar-refractivity contribution in [3.63, 3.8) is 0 Å². The van der Waals surface area contributed by atoms with E-state index in [0.29, 0.717) is 6.54 Å². The number of benzene rings is 1. The van der Waals surface area contributed by atoms with Crippen LogP contribution < -0.4 is 9.62 Å². The van der Waals surface area contributed by atoms with Crippen LogP contribution in [0, 0.1) is 0 Å². The lowest BCUT2D eigenvalue weighted by atomic mass is 10.2. The fourth-order valence-electron chi connectivity index (χ4n) is 1.76. The van der Waals surface area contributed by atoms with E-state index in [9.17, 15) is 13.2 Å². The van der Waals surface area contributed by atoms with Gasteiger partial charge >= 0.3 is 6.03 Å². The molecule has 1 aliphatic heterocycles. The van der Waals surface area contributed by atoms with E-state index in [4.69, 9.17) is 0 Å². The Morgan fingerprint density at radius 1 is 1.38 bits per heavy atom. The van der Waals surface area contributed by atoms with Crippen molar-refractivity contribution in [3.8, 4) is 0 Å². The normalized spacial score (nSPS) is 14.7. The zero-order chi connectivity index (χ0) is 11.8. The van der Waals surface area contributed by atoms with Gasteiger partial charge in [-0.1, -0.05) is 18.2 Å². The van der Waals surface area contributed by atoms with Crippen molar-refractivity contribution >= 4 is 21.7 Å². The van der Waals surface area contributed by atoms with Gasteiger partial charge in [-0.25, -0.2) is 17.9 Å². The van der Waals surface area contributed by atoms with Gasteiger partial charge in [0, 0.05) is 12.2 Å². The van der Waals surface area contributed by atoms with Crippen LogP contribution in [-0.4, -0.2) is 27.2 Å². The smallest absolute Gasteiger partial charge is 0.293 e. The number of rotatable bonds is 1. The largest absolute Gasteiger partial charge is 0.335 e. The number of nitrogens with one attached hydrogen (secondary N) is 1. The highest BCUT2D eigenvalue weighted by Gasteiger charge is 2.25. The van der Waals surface area contributed by atoms with Crippen molar-refractivity contribution in [1.29, 1.82) is 0 Å². The summed E-state index contributed by atoms with van der Waals surface area (Å²) in [4.78, 5) is 13.1. The molecule has 2 rings (SSSR count). The van der Waals surface area contributed by atoms with Crippen LogP contribution >= 0.6 is 0 Å². The predicted molar refractivity (Wildman–Crippen MR) is 60.9 cm³/mol. The van der Waals surface area contributed by atoms with E-state index in [-0.39, 0.29) is 0 Å². The Balaban J connectivity index is 2.23. The molecule has 1 aliphatic rings. The quantitative estimate of drug-likeness (QED) is 0.786. The maximum absolute atomic E-state index is 11.7. The zero-order valence-electron chi connectivity index (χ0n) is 8.80. The third-order valence-corrected chi connectivity index (χ3v) is 2.95. The third-order valence-electron chi connectivity index (χ3n) is 2.41. The Labute approximate surface area is 94.1 Å². The van der Waals surface area contributed by atoms with Crippen LogP contribution in [0.4, 0.5) is 10.5 Å². The number of sulfonamides is 1. The summed E-state index contributed by atoms with van der Waals surface area (Å²) in [5.41, 5.74) is 1.84. The van der Waals surface area contributed by atoms with Crippen LogP contribution in [0.5, 0.6) is 0 Å². The van der Waals surface area contributed by atoms with Gasteiger partial charge in [0.05, 0.1) is 6.26 Å². The summed E-state index contributed by atoms with van der Waals surface area (Å²) >= 11 is 0. The minimum absolute atomic E-state index is 0.515. The van der Waals surface area contributed by atoms with Gasteiger partial charge in [-0.3, -0.25) is 4.90 Å². The number of carbonyl (C=O) groups excluding carboxylic acids is 1. The average molecular weight is 240 g/mol. The Morgan fingerprint density at radius 2 is 2.06 bits per heavy atom. The molecule has 0 unspecified atom stereocenters. The molecule has 0 spiro atoms. The van der Waals surface area contributed by atoms with Gasteiger partial charge in [0.15, 0.2) is 0 Å². The fraction of sp³-hybridized carbons (Fsp3) is 0.300. The lowest BCUT2D eigenvalue weighted by Gasteiger charge is -2.16. The van der Waals surface area contributed by atoms with Crippen LogP contribution in [0.15, 0.2) is 24.3 Å². The molecule has 1 N–H and O–H groups in total. The molecule has 0 fully saturated rings. The molecule has 6 heteroatoms. The molecule has 1 heterocycles. The second-order valence-electron chi connectivity index (χ2n) is 3.71. The number of urea groups is 1. The molecule has 0 bridgehead atoms. The Morgan fingerprint density at radius 3 is 2.75 bits per heavy atom. The molecule has 0 aromatic heterocycles. The van der Waals surface area contributed by atoms with Gasteiger partial charge in [-0.05, 0) is 18.1 Å². The minimum atomic E-state index is -3.50. The first-order valence-electron chi connectivity index (χ1n) is 4.84. The van der Waals surface area contributed by atoms with E-state index in [1.165, 1.54) is 4.90 Å². The standard InChI is InChI=1S/C10H12N2O3S/c1-16(14,15)11-10(13)12-7-6-8-4-2-3-5-9(8)12/h2-5H,6-7H2,1H3,(H,11,13). The van der Waals surface area contributed by atoms with Crippen molar-refractivity contribution < 1.29 is 13.2 Å². The van der Waals surface area contributed by atoms with E-state index in [1.54, 1.807) is 0 Å². The topological polar surface area (TPSA) is 66.5 Å². The second kappa shape index (κ2) is 3.79. The molecular weight excluding hydrogens is 228 g/mol. The highest BCUT2D eigenvalue weighted by molar-refractivity contribution is 7.89. The molecule has 1 aromatic rings. The molecule has 0 aliphatic carbocycles. The van der Waals surface area contributed by atoms with E-state index < -0.39 is 16.1 Å². The molecule has 0 radical (unpaired) electrons. The Bertz CT molecular complexity index is 525. The molecular formula is C10H12N2O3S. The number of fused-ring (bicyclic) bond motifs is 1. The molecule has 5 nitrogen and oxygen atoms in total. The van der Waals surface area contributed by atoms with Gasteiger partial charge in [0.1, 0.15) is 0 Å². The number of para-hydroxylation sites is 1. The summed E-state index contributed by atoms with van der Waals surface area (Å²) in [5, 5.41) is 0. The van der Waals surface area contributed by atoms with E-state index >= 15 is 0 Å². The Hall–Kier alpha value is -1.56. The summed E-state index contributed by atoms with van der Waals surface area (Å²) in [7, 11) is -3.50. The van der Waals surface area contributed by atoms with Crippen LogP contribution in [0.1, 0.15) is 5.56 Å². The van der Waals surface area contributed by atoms with Crippen LogP contribution in [0.25, 0.3) is 0 Å². The van der Waals surface area contributed by atoms with Crippen LogP contribution in [-0.2, 0) is 16.4 Å². The molecule has 16 heavy (non-hydrogen) atoms. The monoisotopic (exact) mass is 240 g/mol. The molecule has 86 valence electrons. The maximum Gasteiger partial charge on any atom is 0.335 e. The Kier molecular flexibility index (Phi) is 2.59. The van der Waals surface area contributed by atoms with Crippen LogP contribution in [0.2, 0.25) is 0 Å². The molecule has 2 amide bonds. The lowest BCUT2D eigenvalue weighted by molar-refractivity contribution is 0.251. The predicted octanol–water partition coefficient (Wildman–Crippen LogP) is 0.718. The number of hydrogen-bond donors (Lipinski definition) is 1. The second-order valence-corrected chi connectivity index (χ2v) is 5.46. The number of anilines is 1. The lowest BCUT2D eigenvalue weighted by Crippen LogP contribution is -2.41. The van der Waals surface area contributed by atoms with Crippen LogP contribution in [0.3, 0.4) is 0 Å². The minimum Gasteiger partial charge on any atom is -0.293 e. The van der Waals surface area contributed by atoms with E-state index in [2.05, 4.69) is 0 Å². The van der Waals surface area contributed by atoms with Gasteiger partial charge in [0.2, 0.25) is 10.0 Å². The SMILES string of the molecule is CS(=O)(=O)NC(=O)N1CCc2ccccc21. The van der Waals surface area contributed by atoms with Crippen molar-refractivity contribution in [2.45, 2.75) is 6.42 Å². The van der Waals surface area contributed by atoms with Crippen molar-refractivity contribution in [2.75, 3.05) is 17.7 Å². The number of nitrogens with zero attached hydrogens (tertiary/aromatic N) is 1. The molecule has 1 aromatic carbocycles. The number of carbonyl (C=O) groups is 1. The van der Waals surface area contributed by atoms with Gasteiger partial charge in [-0.15, -0.1) is 0 Å². The van der Waals surface area contributed by atoms with Gasteiger partial charge in [0.25, 0.3) is 0 Å². The molecule has 0 saturated carbocycles. The zero-order valence-corrected chi connectivity index (χ0v) is 9.62. The number of hydrogen-bond acceptors (Lipinski definition) is 3. The maximum atomic E-state index is 11.7. The van der Waals surface area contributed by atoms with Gasteiger partial charge < -0.3 is 0 Å². The van der Waals surface area contributed by atoms with Gasteiger partial charge in [-0.2, -0.15) is 0 Å². The third kappa shape index (κ3) is 2.16. The number of amides is 2. The summed E-state index contributed by atoms with van der Waals surface area (Å²) in [6.45, 7) is 0.515. The van der Waals surface area contributed by atoms with Crippen molar-refractivity contribution in [1.82, 2.24) is 4.72 Å². The van der Waals surface area contributed by atoms with E-state index in [0.717, 1.165) is 23.9 Å². The first kappa shape index (κ1) is 10.9. The fourth-order valence-corrected chi connectivity index (χ4v) is 2.19. The first-order valence-corrected chi connectivity index (χ1v) is 6.74. The summed E-state index contributed by atoms with van der Waals surface area (Å²) in [5.74, 6) is 0. The molecule has 0 atom stereocenters. The average Bonchev–Trinajstić information content (AvgIpc) is 2.58. The summed E-state index contributed by atoms with van der Waals surface area (Å²) < 4.78 is 23.9. The van der Waals surface area contributed by atoms with E-state index in [1.807, 2.05) is 29.0 Å². The highest BCUT2D eigenvalue weighted by Crippen LogP contribution is 2.27. The highest BCUT2D eigenvalue weighted by atomic mass is 32.2. The van der Waals surface area contributed by atoms with Crippen molar-refractivity contribution in [3.05, 3.63) is 29.8 Å². The summed E-state index contributed by atoms with van der Waals surface area (Å²) in [6, 6.07) is 6.88. The summed E-state index contributed by atoms with van der Waals surface area (Å²) in [6.07, 6.45) is 1.72. The molecule has 0 saturated heterocycles. The first-order chi connectivity index (χ1) is 7.47. The van der Waals surface area contributed by atoms with Crippen molar-refractivity contribution in [2.24, 2.45) is 0 Å².